The van der Waals surface area contributed by atoms with Gasteiger partial charge in [0, 0.05) is 77.9 Å². The van der Waals surface area contributed by atoms with E-state index in [-0.39, 0.29) is 34.1 Å². The molecule has 42 heavy (non-hydrogen) atoms. The van der Waals surface area contributed by atoms with Crippen molar-refractivity contribution in [3.63, 3.8) is 0 Å². The van der Waals surface area contributed by atoms with Gasteiger partial charge in [0.2, 0.25) is 0 Å². The first-order valence-electron chi connectivity index (χ1n) is 13.0. The molecule has 2 radical (unpaired) electrons. The Morgan fingerprint density at radius 1 is 0.310 bits per heavy atom. The number of nitrogens with zero attached hydrogens (tertiary/aromatic N) is 6. The van der Waals surface area contributed by atoms with Crippen LogP contribution in [0.5, 0.6) is 0 Å². The van der Waals surface area contributed by atoms with Gasteiger partial charge in [-0.3, -0.25) is 0 Å². The first-order valence-corrected chi connectivity index (χ1v) is 13.0. The van der Waals surface area contributed by atoms with Crippen molar-refractivity contribution in [2.45, 2.75) is 0 Å². The van der Waals surface area contributed by atoms with Crippen molar-refractivity contribution in [3.8, 4) is 45.6 Å². The Balaban J connectivity index is 0.00000144. The minimum atomic E-state index is 0. The average molecular weight is 642 g/mol. The zero-order chi connectivity index (χ0) is 26.2. The van der Waals surface area contributed by atoms with E-state index in [9.17, 15) is 0 Å². The fourth-order valence-corrected chi connectivity index (χ4v) is 5.59. The van der Waals surface area contributed by atoms with Crippen LogP contribution in [-0.4, -0.2) is 39.9 Å². The summed E-state index contributed by atoms with van der Waals surface area (Å²) in [5, 5.41) is 3.82. The first-order chi connectivity index (χ1) is 19.8. The molecule has 2 N–H and O–H groups in total. The number of nitrogens with one attached hydrogen (secondary N) is 2. The Morgan fingerprint density at radius 2 is 0.548 bits per heavy atom. The summed E-state index contributed by atoms with van der Waals surface area (Å²) < 4.78 is 0. The average Bonchev–Trinajstić information content (AvgIpc) is 3.73. The molecule has 0 fully saturated rings. The van der Waals surface area contributed by atoms with Crippen molar-refractivity contribution < 1.29 is 34.1 Å². The van der Waals surface area contributed by atoms with Crippen LogP contribution in [0.3, 0.4) is 0 Å². The van der Waals surface area contributed by atoms with Crippen LogP contribution >= 0.6 is 0 Å². The molecular weight excluding hydrogens is 624 g/mol. The molecule has 2 aliphatic heterocycles. The topological polar surface area (TPSA) is 109 Å². The minimum absolute atomic E-state index is 0. The van der Waals surface area contributed by atoms with E-state index in [0.29, 0.717) is 45.9 Å². The second-order valence-electron chi connectivity index (χ2n) is 9.79. The van der Waals surface area contributed by atoms with E-state index in [1.807, 2.05) is 97.1 Å². The number of aromatic nitrogens is 8. The predicted molar refractivity (Wildman–Crippen MR) is 156 cm³/mol. The molecule has 0 saturated heterocycles. The zero-order valence-electron chi connectivity index (χ0n) is 21.5. The molecule has 4 aromatic carbocycles. The minimum Gasteiger partial charge on any atom is -0.324 e. The van der Waals surface area contributed by atoms with Crippen LogP contribution in [0, 0.1) is 0 Å². The third-order valence-electron chi connectivity index (χ3n) is 7.46. The van der Waals surface area contributed by atoms with Gasteiger partial charge >= 0.3 is 0 Å². The maximum absolute atomic E-state index is 5.02. The zero-order valence-corrected chi connectivity index (χ0v) is 23.4. The van der Waals surface area contributed by atoms with Crippen LogP contribution in [0.25, 0.3) is 89.7 Å². The number of hydrogen-bond donors (Lipinski definition) is 2. The fourth-order valence-electron chi connectivity index (χ4n) is 5.59. The van der Waals surface area contributed by atoms with Crippen LogP contribution in [0.1, 0.15) is 0 Å². The van der Waals surface area contributed by atoms with Gasteiger partial charge in [0.05, 0.1) is 0 Å². The molecular formula is C32H18Cu2N8. The molecule has 9 rings (SSSR count). The molecule has 0 spiro atoms. The number of H-pyrrole nitrogens is 2. The van der Waals surface area contributed by atoms with Gasteiger partial charge in [0.15, 0.2) is 23.3 Å². The summed E-state index contributed by atoms with van der Waals surface area (Å²) in [5.41, 5.74) is 6.45. The van der Waals surface area contributed by atoms with E-state index in [2.05, 4.69) is 9.97 Å². The van der Waals surface area contributed by atoms with Crippen LogP contribution in [0.15, 0.2) is 97.1 Å². The van der Waals surface area contributed by atoms with Crippen LogP contribution in [0.4, 0.5) is 0 Å². The van der Waals surface area contributed by atoms with Crippen molar-refractivity contribution in [1.82, 2.24) is 39.9 Å². The standard InChI is InChI=1S/C32H18N8.2Cu/c1-2-10-18-17(9-1)25-33-26(18)38-28-21-13-5-6-14-22(21)30(35-28)40-32-24-16-8-7-15-23(24)31(36-32)39-29-20-12-4-3-11-19(20)27(34-29)37-25;;/h1-16H,(H2,33,34,35,36,37,38,39,40);;. The molecule has 10 heteroatoms. The van der Waals surface area contributed by atoms with E-state index >= 15 is 0 Å². The van der Waals surface area contributed by atoms with E-state index in [1.54, 1.807) is 0 Å². The largest absolute Gasteiger partial charge is 0.324 e. The SMILES string of the molecule is [Cu].[Cu].c1ccc2c(c1)-c1nc-2nc2[nH]c(nc3nc(nc4[nH]c(n1)c1ccccc41)-c1ccccc1-3)c1ccccc21. The van der Waals surface area contributed by atoms with Gasteiger partial charge < -0.3 is 9.97 Å². The Hall–Kier alpha value is -4.72. The maximum atomic E-state index is 5.02. The second-order valence-corrected chi connectivity index (χ2v) is 9.79. The number of hydrogen-bond acceptors (Lipinski definition) is 6. The smallest absolute Gasteiger partial charge is 0.164 e. The van der Waals surface area contributed by atoms with Gasteiger partial charge in [0.25, 0.3) is 0 Å². The van der Waals surface area contributed by atoms with Gasteiger partial charge in [0.1, 0.15) is 22.6 Å². The van der Waals surface area contributed by atoms with E-state index in [0.717, 1.165) is 43.8 Å². The van der Waals surface area contributed by atoms with Crippen LogP contribution in [0.2, 0.25) is 0 Å². The summed E-state index contributed by atoms with van der Waals surface area (Å²) in [4.78, 5) is 36.8. The summed E-state index contributed by atoms with van der Waals surface area (Å²) in [6.07, 6.45) is 0. The molecule has 0 unspecified atom stereocenters. The summed E-state index contributed by atoms with van der Waals surface area (Å²) in [7, 11) is 0. The number of benzene rings is 4. The number of rotatable bonds is 0. The first kappa shape index (κ1) is 26.2. The van der Waals surface area contributed by atoms with Crippen molar-refractivity contribution >= 4 is 44.1 Å². The van der Waals surface area contributed by atoms with Gasteiger partial charge in [-0.2, -0.15) is 0 Å². The molecule has 0 atom stereocenters. The van der Waals surface area contributed by atoms with Crippen molar-refractivity contribution in [2.75, 3.05) is 0 Å². The molecule has 5 heterocycles. The Morgan fingerprint density at radius 3 is 0.810 bits per heavy atom. The Kier molecular flexibility index (Phi) is 6.22. The fraction of sp³-hybridized carbons (Fsp3) is 0. The summed E-state index contributed by atoms with van der Waals surface area (Å²) in [6, 6.07) is 32.2. The maximum Gasteiger partial charge on any atom is 0.164 e. The van der Waals surface area contributed by atoms with Gasteiger partial charge in [-0.25, -0.2) is 29.9 Å². The summed E-state index contributed by atoms with van der Waals surface area (Å²) in [5.74, 6) is 2.39. The van der Waals surface area contributed by atoms with E-state index in [1.165, 1.54) is 0 Å². The molecule has 7 aromatic rings. The normalized spacial score (nSPS) is 11.4. The van der Waals surface area contributed by atoms with Crippen molar-refractivity contribution in [1.29, 1.82) is 0 Å². The third kappa shape index (κ3) is 3.89. The number of aromatic amines is 2. The second kappa shape index (κ2) is 9.98. The molecule has 0 aliphatic carbocycles. The molecule has 0 saturated carbocycles. The molecule has 8 bridgehead atoms. The Bertz CT molecular complexity index is 2040. The molecule has 3 aromatic heterocycles. The van der Waals surface area contributed by atoms with Crippen molar-refractivity contribution in [2.24, 2.45) is 0 Å². The number of fused-ring (bicyclic) bond motifs is 20. The van der Waals surface area contributed by atoms with Gasteiger partial charge in [-0.1, -0.05) is 97.1 Å². The van der Waals surface area contributed by atoms with E-state index in [4.69, 9.17) is 29.9 Å². The van der Waals surface area contributed by atoms with Crippen LogP contribution in [-0.2, 0) is 34.1 Å². The van der Waals surface area contributed by atoms with Gasteiger partial charge in [-0.05, 0) is 0 Å². The monoisotopic (exact) mass is 640 g/mol. The van der Waals surface area contributed by atoms with Crippen molar-refractivity contribution in [3.05, 3.63) is 97.1 Å². The van der Waals surface area contributed by atoms with Crippen LogP contribution < -0.4 is 0 Å². The summed E-state index contributed by atoms with van der Waals surface area (Å²) >= 11 is 0. The predicted octanol–water partition coefficient (Wildman–Crippen LogP) is 6.86. The quantitative estimate of drug-likeness (QED) is 0.175. The molecule has 2 aliphatic rings. The van der Waals surface area contributed by atoms with Gasteiger partial charge in [-0.15, -0.1) is 0 Å². The summed E-state index contributed by atoms with van der Waals surface area (Å²) in [6.45, 7) is 0. The molecule has 208 valence electrons. The Labute approximate surface area is 259 Å². The third-order valence-corrected chi connectivity index (χ3v) is 7.46. The molecule has 8 nitrogen and oxygen atoms in total. The molecule has 0 amide bonds. The van der Waals surface area contributed by atoms with E-state index < -0.39 is 0 Å².